The normalized spacial score (nSPS) is 9.93. The van der Waals surface area contributed by atoms with Crippen molar-refractivity contribution in [1.29, 1.82) is 0 Å². The summed E-state index contributed by atoms with van der Waals surface area (Å²) in [4.78, 5) is 11.6. The fraction of sp³-hybridized carbons (Fsp3) is 0.400. The number of amides is 1. The maximum Gasteiger partial charge on any atom is 0.269 e. The molecule has 4 nitrogen and oxygen atoms in total. The Bertz CT molecular complexity index is 365. The van der Waals surface area contributed by atoms with E-state index in [0.717, 1.165) is 11.3 Å². The second-order valence-corrected chi connectivity index (χ2v) is 3.43. The van der Waals surface area contributed by atoms with Crippen LogP contribution in [0.4, 0.5) is 0 Å². The monoisotopic (exact) mass is 193 g/mol. The number of hydrogen-bond donors (Lipinski definition) is 1. The number of aromatic nitrogens is 2. The predicted octanol–water partition coefficient (Wildman–Crippen LogP) is 1.03. The first-order valence-corrected chi connectivity index (χ1v) is 4.44. The van der Waals surface area contributed by atoms with E-state index >= 15 is 0 Å². The van der Waals surface area contributed by atoms with Gasteiger partial charge >= 0.3 is 0 Å². The van der Waals surface area contributed by atoms with E-state index in [1.165, 1.54) is 0 Å². The van der Waals surface area contributed by atoms with Crippen molar-refractivity contribution in [3.05, 3.63) is 29.6 Å². The van der Waals surface area contributed by atoms with E-state index in [1.807, 2.05) is 13.8 Å². The lowest BCUT2D eigenvalue weighted by Gasteiger charge is -2.03. The lowest BCUT2D eigenvalue weighted by molar-refractivity contribution is 0.0947. The van der Waals surface area contributed by atoms with E-state index in [4.69, 9.17) is 0 Å². The highest BCUT2D eigenvalue weighted by Crippen LogP contribution is 2.01. The smallest absolute Gasteiger partial charge is 0.269 e. The van der Waals surface area contributed by atoms with Crippen LogP contribution in [0.5, 0.6) is 0 Å². The largest absolute Gasteiger partial charge is 0.347 e. The number of nitrogens with zero attached hydrogens (tertiary/aromatic N) is 2. The highest BCUT2D eigenvalue weighted by atomic mass is 16.2. The molecule has 0 bridgehead atoms. The van der Waals surface area contributed by atoms with Crippen LogP contribution >= 0.6 is 0 Å². The van der Waals surface area contributed by atoms with Crippen molar-refractivity contribution in [2.45, 2.75) is 13.8 Å². The van der Waals surface area contributed by atoms with Gasteiger partial charge in [0.05, 0.1) is 5.69 Å². The summed E-state index contributed by atoms with van der Waals surface area (Å²) in [6.45, 7) is 7.94. The van der Waals surface area contributed by atoms with Crippen molar-refractivity contribution >= 4 is 5.91 Å². The topological polar surface area (TPSA) is 46.9 Å². The first kappa shape index (κ1) is 10.5. The fourth-order valence-electron chi connectivity index (χ4n) is 1.14. The molecule has 1 N–H and O–H groups in total. The van der Waals surface area contributed by atoms with Crippen LogP contribution in [-0.4, -0.2) is 22.2 Å². The molecule has 0 aliphatic rings. The third-order valence-electron chi connectivity index (χ3n) is 1.79. The van der Waals surface area contributed by atoms with Gasteiger partial charge in [-0.25, -0.2) is 0 Å². The summed E-state index contributed by atoms with van der Waals surface area (Å²) in [7, 11) is 1.75. The Labute approximate surface area is 83.6 Å². The molecular formula is C10H15N3O. The second kappa shape index (κ2) is 4.09. The third-order valence-corrected chi connectivity index (χ3v) is 1.79. The van der Waals surface area contributed by atoms with Crippen LogP contribution in [0.3, 0.4) is 0 Å². The highest BCUT2D eigenvalue weighted by Gasteiger charge is 2.10. The van der Waals surface area contributed by atoms with Gasteiger partial charge in [0.1, 0.15) is 5.69 Å². The molecule has 0 fully saturated rings. The molecule has 1 heterocycles. The molecule has 0 saturated carbocycles. The summed E-state index contributed by atoms with van der Waals surface area (Å²) in [5.41, 5.74) is 2.34. The molecule has 0 radical (unpaired) electrons. The van der Waals surface area contributed by atoms with Crippen molar-refractivity contribution < 1.29 is 4.79 Å². The molecule has 0 aliphatic heterocycles. The van der Waals surface area contributed by atoms with Crippen LogP contribution in [0.2, 0.25) is 0 Å². The van der Waals surface area contributed by atoms with Gasteiger partial charge in [-0.05, 0) is 19.9 Å². The van der Waals surface area contributed by atoms with Crippen LogP contribution in [-0.2, 0) is 7.05 Å². The molecule has 0 spiro atoms. The number of carbonyl (C=O) groups excluding carboxylic acids is 1. The van der Waals surface area contributed by atoms with E-state index in [0.29, 0.717) is 12.2 Å². The molecule has 1 aromatic rings. The number of nitrogens with one attached hydrogen (secondary N) is 1. The minimum atomic E-state index is -0.115. The van der Waals surface area contributed by atoms with E-state index in [-0.39, 0.29) is 5.91 Å². The van der Waals surface area contributed by atoms with Crippen molar-refractivity contribution in [2.24, 2.45) is 7.05 Å². The number of carbonyl (C=O) groups is 1. The third kappa shape index (κ3) is 2.45. The lowest BCUT2D eigenvalue weighted by Crippen LogP contribution is -2.26. The van der Waals surface area contributed by atoms with Crippen LogP contribution < -0.4 is 5.32 Å². The molecule has 0 atom stereocenters. The maximum absolute atomic E-state index is 11.6. The summed E-state index contributed by atoms with van der Waals surface area (Å²) < 4.78 is 1.57. The van der Waals surface area contributed by atoms with Gasteiger partial charge in [0, 0.05) is 13.6 Å². The first-order chi connectivity index (χ1) is 6.50. The summed E-state index contributed by atoms with van der Waals surface area (Å²) in [6, 6.07) is 1.76. The molecular weight excluding hydrogens is 178 g/mol. The quantitative estimate of drug-likeness (QED) is 0.729. The predicted molar refractivity (Wildman–Crippen MR) is 55.1 cm³/mol. The molecule has 1 rings (SSSR count). The van der Waals surface area contributed by atoms with E-state index in [2.05, 4.69) is 17.0 Å². The molecule has 0 saturated heterocycles. The van der Waals surface area contributed by atoms with Crippen molar-refractivity contribution in [1.82, 2.24) is 15.1 Å². The van der Waals surface area contributed by atoms with Gasteiger partial charge in [0.2, 0.25) is 0 Å². The van der Waals surface area contributed by atoms with Gasteiger partial charge in [-0.3, -0.25) is 9.48 Å². The highest BCUT2D eigenvalue weighted by molar-refractivity contribution is 5.92. The van der Waals surface area contributed by atoms with E-state index < -0.39 is 0 Å². The van der Waals surface area contributed by atoms with Gasteiger partial charge in [-0.15, -0.1) is 0 Å². The molecule has 0 aromatic carbocycles. The minimum Gasteiger partial charge on any atom is -0.347 e. The Morgan fingerprint density at radius 3 is 2.79 bits per heavy atom. The molecule has 76 valence electrons. The Morgan fingerprint density at radius 1 is 1.71 bits per heavy atom. The van der Waals surface area contributed by atoms with E-state index in [1.54, 1.807) is 17.8 Å². The number of hydrogen-bond acceptors (Lipinski definition) is 2. The van der Waals surface area contributed by atoms with Crippen molar-refractivity contribution in [3.63, 3.8) is 0 Å². The molecule has 4 heteroatoms. The zero-order valence-electron chi connectivity index (χ0n) is 8.79. The van der Waals surface area contributed by atoms with Crippen LogP contribution in [0.15, 0.2) is 18.2 Å². The Kier molecular flexibility index (Phi) is 3.06. The SMILES string of the molecule is C=C(C)CNC(=O)c1cc(C)nn1C. The Morgan fingerprint density at radius 2 is 2.36 bits per heavy atom. The van der Waals surface area contributed by atoms with Gasteiger partial charge in [-0.2, -0.15) is 5.10 Å². The summed E-state index contributed by atoms with van der Waals surface area (Å²) in [5.74, 6) is -0.115. The second-order valence-electron chi connectivity index (χ2n) is 3.43. The minimum absolute atomic E-state index is 0.115. The Balaban J connectivity index is 2.69. The molecule has 1 amide bonds. The van der Waals surface area contributed by atoms with Crippen molar-refractivity contribution in [2.75, 3.05) is 6.54 Å². The summed E-state index contributed by atoms with van der Waals surface area (Å²) in [5, 5.41) is 6.85. The average molecular weight is 193 g/mol. The van der Waals surface area contributed by atoms with Gasteiger partial charge in [0.25, 0.3) is 5.91 Å². The average Bonchev–Trinajstić information content (AvgIpc) is 2.41. The maximum atomic E-state index is 11.6. The van der Waals surface area contributed by atoms with Crippen LogP contribution in [0.25, 0.3) is 0 Å². The number of aryl methyl sites for hydroxylation is 2. The lowest BCUT2D eigenvalue weighted by atomic mass is 10.3. The van der Waals surface area contributed by atoms with Crippen LogP contribution in [0, 0.1) is 6.92 Å². The summed E-state index contributed by atoms with van der Waals surface area (Å²) >= 11 is 0. The standard InChI is InChI=1S/C10H15N3O/c1-7(2)6-11-10(14)9-5-8(3)12-13(9)4/h5H,1,6H2,2-4H3,(H,11,14). The molecule has 0 unspecified atom stereocenters. The molecule has 1 aromatic heterocycles. The van der Waals surface area contributed by atoms with Gasteiger partial charge in [-0.1, -0.05) is 12.2 Å². The van der Waals surface area contributed by atoms with Gasteiger partial charge < -0.3 is 5.32 Å². The van der Waals surface area contributed by atoms with Crippen molar-refractivity contribution in [3.8, 4) is 0 Å². The zero-order chi connectivity index (χ0) is 10.7. The van der Waals surface area contributed by atoms with Crippen LogP contribution in [0.1, 0.15) is 23.1 Å². The molecule has 14 heavy (non-hydrogen) atoms. The number of rotatable bonds is 3. The van der Waals surface area contributed by atoms with E-state index in [9.17, 15) is 4.79 Å². The fourth-order valence-corrected chi connectivity index (χ4v) is 1.14. The first-order valence-electron chi connectivity index (χ1n) is 4.44. The molecule has 0 aliphatic carbocycles. The zero-order valence-corrected chi connectivity index (χ0v) is 8.79. The van der Waals surface area contributed by atoms with Gasteiger partial charge in [0.15, 0.2) is 0 Å². The Hall–Kier alpha value is -1.58. The summed E-state index contributed by atoms with van der Waals surface area (Å²) in [6.07, 6.45) is 0.